The summed E-state index contributed by atoms with van der Waals surface area (Å²) in [5.41, 5.74) is 0. The van der Waals surface area contributed by atoms with Gasteiger partial charge in [-0.05, 0) is 6.42 Å². The maximum absolute atomic E-state index is 4.14. The molecule has 0 aromatic heterocycles. The molecule has 0 fully saturated rings. The third-order valence-corrected chi connectivity index (χ3v) is 1.73. The van der Waals surface area contributed by atoms with E-state index < -0.39 is 0 Å². The van der Waals surface area contributed by atoms with Gasteiger partial charge in [0.1, 0.15) is 0 Å². The topological polar surface area (TPSA) is 12.4 Å². The van der Waals surface area contributed by atoms with Crippen molar-refractivity contribution in [2.24, 2.45) is 4.99 Å². The molecule has 8 heavy (non-hydrogen) atoms. The third kappa shape index (κ3) is 1.63. The Morgan fingerprint density at radius 3 is 3.00 bits per heavy atom. The second kappa shape index (κ2) is 2.69. The SMILES string of the molecule is SC1=CN=CC(Br)C1. The van der Waals surface area contributed by atoms with E-state index in [0.29, 0.717) is 4.83 Å². The summed E-state index contributed by atoms with van der Waals surface area (Å²) in [5.74, 6) is 0. The van der Waals surface area contributed by atoms with Gasteiger partial charge in [-0.25, -0.2) is 0 Å². The van der Waals surface area contributed by atoms with Crippen LogP contribution in [-0.2, 0) is 0 Å². The van der Waals surface area contributed by atoms with E-state index in [1.54, 1.807) is 6.20 Å². The van der Waals surface area contributed by atoms with Crippen molar-refractivity contribution in [3.63, 3.8) is 0 Å². The molecule has 0 spiro atoms. The molecule has 0 aromatic carbocycles. The van der Waals surface area contributed by atoms with Gasteiger partial charge in [-0.2, -0.15) is 0 Å². The van der Waals surface area contributed by atoms with E-state index in [-0.39, 0.29) is 0 Å². The highest BCUT2D eigenvalue weighted by Gasteiger charge is 2.04. The number of halogens is 1. The number of thiol groups is 1. The van der Waals surface area contributed by atoms with Crippen molar-refractivity contribution >= 4 is 34.8 Å². The predicted molar refractivity (Wildman–Crippen MR) is 42.9 cm³/mol. The molecule has 0 N–H and O–H groups in total. The minimum Gasteiger partial charge on any atom is -0.267 e. The fraction of sp³-hybridized carbons (Fsp3) is 0.400. The number of allylic oxidation sites excluding steroid dienone is 1. The summed E-state index contributed by atoms with van der Waals surface area (Å²) >= 11 is 7.53. The Hall–Kier alpha value is 0.240. The van der Waals surface area contributed by atoms with Crippen LogP contribution in [0.5, 0.6) is 0 Å². The van der Waals surface area contributed by atoms with E-state index in [4.69, 9.17) is 0 Å². The number of hydrogen-bond acceptors (Lipinski definition) is 2. The fourth-order valence-corrected chi connectivity index (χ4v) is 1.53. The first kappa shape index (κ1) is 6.36. The Balaban J connectivity index is 2.59. The van der Waals surface area contributed by atoms with Crippen molar-refractivity contribution in [1.82, 2.24) is 0 Å². The van der Waals surface area contributed by atoms with Crippen LogP contribution in [0.1, 0.15) is 6.42 Å². The predicted octanol–water partition coefficient (Wildman–Crippen LogP) is 2.00. The minimum atomic E-state index is 0.389. The van der Waals surface area contributed by atoms with Crippen molar-refractivity contribution in [3.05, 3.63) is 11.1 Å². The zero-order chi connectivity index (χ0) is 5.98. The first-order valence-corrected chi connectivity index (χ1v) is 3.70. The van der Waals surface area contributed by atoms with E-state index in [2.05, 4.69) is 33.6 Å². The van der Waals surface area contributed by atoms with E-state index in [0.717, 1.165) is 11.3 Å². The first-order valence-electron chi connectivity index (χ1n) is 2.34. The second-order valence-corrected chi connectivity index (χ2v) is 3.39. The smallest absolute Gasteiger partial charge is 0.0544 e. The van der Waals surface area contributed by atoms with Crippen LogP contribution in [0.2, 0.25) is 0 Å². The van der Waals surface area contributed by atoms with Crippen LogP contribution in [0.4, 0.5) is 0 Å². The zero-order valence-corrected chi connectivity index (χ0v) is 6.69. The molecule has 1 atom stereocenters. The number of aliphatic imine (C=N–C) groups is 1. The lowest BCUT2D eigenvalue weighted by atomic mass is 10.3. The third-order valence-electron chi connectivity index (χ3n) is 0.876. The Kier molecular flexibility index (Phi) is 2.14. The van der Waals surface area contributed by atoms with Gasteiger partial charge in [0, 0.05) is 17.3 Å². The molecule has 1 aliphatic rings. The summed E-state index contributed by atoms with van der Waals surface area (Å²) < 4.78 is 0. The molecule has 1 heterocycles. The van der Waals surface area contributed by atoms with Crippen LogP contribution in [0.25, 0.3) is 0 Å². The average molecular weight is 192 g/mol. The normalized spacial score (nSPS) is 27.8. The molecule has 0 aromatic rings. The van der Waals surface area contributed by atoms with Crippen LogP contribution in [-0.4, -0.2) is 11.0 Å². The van der Waals surface area contributed by atoms with Crippen molar-refractivity contribution in [2.45, 2.75) is 11.2 Å². The highest BCUT2D eigenvalue weighted by molar-refractivity contribution is 9.10. The summed E-state index contributed by atoms with van der Waals surface area (Å²) in [6.45, 7) is 0. The van der Waals surface area contributed by atoms with Crippen LogP contribution < -0.4 is 0 Å². The Morgan fingerprint density at radius 1 is 1.88 bits per heavy atom. The molecule has 1 rings (SSSR count). The van der Waals surface area contributed by atoms with Gasteiger partial charge in [0.25, 0.3) is 0 Å². The molecular formula is C5H6BrNS. The fourth-order valence-electron chi connectivity index (χ4n) is 0.528. The number of nitrogens with zero attached hydrogens (tertiary/aromatic N) is 1. The van der Waals surface area contributed by atoms with E-state index in [1.165, 1.54) is 0 Å². The Bertz CT molecular complexity index is 141. The van der Waals surface area contributed by atoms with Crippen LogP contribution in [0, 0.1) is 0 Å². The lowest BCUT2D eigenvalue weighted by molar-refractivity contribution is 1.10. The molecule has 0 amide bonds. The van der Waals surface area contributed by atoms with Gasteiger partial charge in [-0.15, -0.1) is 12.6 Å². The lowest BCUT2D eigenvalue weighted by Gasteiger charge is -2.05. The second-order valence-electron chi connectivity index (χ2n) is 1.64. The Labute approximate surface area is 62.4 Å². The monoisotopic (exact) mass is 191 g/mol. The van der Waals surface area contributed by atoms with E-state index in [1.807, 2.05) is 6.21 Å². The minimum absolute atomic E-state index is 0.389. The molecule has 0 radical (unpaired) electrons. The molecule has 3 heteroatoms. The summed E-state index contributed by atoms with van der Waals surface area (Å²) in [7, 11) is 0. The van der Waals surface area contributed by atoms with Gasteiger partial charge >= 0.3 is 0 Å². The standard InChI is InChI=1S/C5H6BrNS/c6-4-1-5(8)3-7-2-4/h2-4,8H,1H2. The molecule has 0 saturated heterocycles. The molecule has 0 aliphatic carbocycles. The maximum Gasteiger partial charge on any atom is 0.0544 e. The van der Waals surface area contributed by atoms with Gasteiger partial charge < -0.3 is 0 Å². The van der Waals surface area contributed by atoms with Crippen LogP contribution >= 0.6 is 28.6 Å². The quantitative estimate of drug-likeness (QED) is 0.445. The van der Waals surface area contributed by atoms with Gasteiger partial charge in [-0.1, -0.05) is 15.9 Å². The van der Waals surface area contributed by atoms with Crippen molar-refractivity contribution in [2.75, 3.05) is 0 Å². The average Bonchev–Trinajstić information content (AvgIpc) is 1.64. The summed E-state index contributed by atoms with van der Waals surface area (Å²) in [5, 5.41) is 0. The lowest BCUT2D eigenvalue weighted by Crippen LogP contribution is -2.01. The first-order chi connectivity index (χ1) is 3.79. The molecule has 1 aliphatic heterocycles. The van der Waals surface area contributed by atoms with Gasteiger partial charge in [0.05, 0.1) is 4.83 Å². The molecule has 1 nitrogen and oxygen atoms in total. The van der Waals surface area contributed by atoms with Gasteiger partial charge in [0.2, 0.25) is 0 Å². The number of hydrogen-bond donors (Lipinski definition) is 1. The molecular weight excluding hydrogens is 186 g/mol. The number of rotatable bonds is 0. The summed E-state index contributed by atoms with van der Waals surface area (Å²) in [4.78, 5) is 5.35. The molecule has 44 valence electrons. The summed E-state index contributed by atoms with van der Waals surface area (Å²) in [6, 6.07) is 0. The van der Waals surface area contributed by atoms with Crippen molar-refractivity contribution < 1.29 is 0 Å². The zero-order valence-electron chi connectivity index (χ0n) is 4.21. The summed E-state index contributed by atoms with van der Waals surface area (Å²) in [6.07, 6.45) is 4.59. The number of alkyl halides is 1. The molecule has 1 unspecified atom stereocenters. The maximum atomic E-state index is 4.14. The molecule has 0 saturated carbocycles. The Morgan fingerprint density at radius 2 is 2.62 bits per heavy atom. The highest BCUT2D eigenvalue weighted by Crippen LogP contribution is 2.17. The highest BCUT2D eigenvalue weighted by atomic mass is 79.9. The van der Waals surface area contributed by atoms with Gasteiger partial charge in [-0.3, -0.25) is 4.99 Å². The largest absolute Gasteiger partial charge is 0.267 e. The van der Waals surface area contributed by atoms with Gasteiger partial charge in [0.15, 0.2) is 0 Å². The van der Waals surface area contributed by atoms with Crippen molar-refractivity contribution in [1.29, 1.82) is 0 Å². The van der Waals surface area contributed by atoms with Crippen LogP contribution in [0.15, 0.2) is 16.1 Å². The van der Waals surface area contributed by atoms with E-state index >= 15 is 0 Å². The molecule has 0 bridgehead atoms. The van der Waals surface area contributed by atoms with Crippen LogP contribution in [0.3, 0.4) is 0 Å². The van der Waals surface area contributed by atoms with Crippen molar-refractivity contribution in [3.8, 4) is 0 Å². The van der Waals surface area contributed by atoms with E-state index in [9.17, 15) is 0 Å².